The Balaban J connectivity index is -0.000000122. The first-order chi connectivity index (χ1) is 10.8. The number of carboxylic acids is 2. The van der Waals surface area contributed by atoms with Gasteiger partial charge in [0.2, 0.25) is 0 Å². The first kappa shape index (κ1) is 30.6. The van der Waals surface area contributed by atoms with Crippen LogP contribution in [0.5, 0.6) is 5.75 Å². The fraction of sp³-hybridized carbons (Fsp3) is 0.412. The molecule has 0 heterocycles. The molecular formula is C17H27NO5Sn. The van der Waals surface area contributed by atoms with Crippen molar-refractivity contribution in [1.82, 2.24) is 0 Å². The third-order valence-corrected chi connectivity index (χ3v) is 1.99. The minimum atomic E-state index is -1.43. The molecule has 0 fully saturated rings. The van der Waals surface area contributed by atoms with Gasteiger partial charge in [0.25, 0.3) is 0 Å². The number of rotatable bonds is 4. The standard InChI is InChI=1S/C7H6O3.2C4H9.C2H5NO2.Sn/c8-6-4-2-1-3-5(6)7(9)10;2*1-3-4-2;3-1-2(4)5;/h1-4,8H,(H,9,10);2*1,3-4H2,2H3;1,3H2,(H,4,5);/q;;;;+2/p-2. The van der Waals surface area contributed by atoms with E-state index in [9.17, 15) is 19.8 Å². The van der Waals surface area contributed by atoms with Gasteiger partial charge in [0.15, 0.2) is 0 Å². The van der Waals surface area contributed by atoms with Gasteiger partial charge in [0.05, 0.1) is 12.5 Å². The van der Waals surface area contributed by atoms with E-state index in [-0.39, 0.29) is 36.0 Å². The van der Waals surface area contributed by atoms with E-state index in [2.05, 4.69) is 33.4 Å². The molecular weight excluding hydrogens is 417 g/mol. The summed E-state index contributed by atoms with van der Waals surface area (Å²) in [6.07, 6.45) is 4.56. The van der Waals surface area contributed by atoms with Crippen molar-refractivity contribution >= 4 is 35.8 Å². The van der Waals surface area contributed by atoms with Gasteiger partial charge in [-0.15, -0.1) is 0 Å². The maximum atomic E-state index is 10.6. The smallest absolute Gasteiger partial charge is 0.872 e. The van der Waals surface area contributed by atoms with E-state index >= 15 is 0 Å². The van der Waals surface area contributed by atoms with Crippen molar-refractivity contribution in [3.8, 4) is 5.75 Å². The van der Waals surface area contributed by atoms with Crippen LogP contribution < -0.4 is 15.9 Å². The second-order valence-electron chi connectivity index (χ2n) is 4.09. The molecule has 0 aromatic heterocycles. The average molecular weight is 444 g/mol. The molecule has 134 valence electrons. The molecule has 1 aromatic rings. The molecule has 1 rings (SSSR count). The number of carbonyl (C=O) groups is 2. The van der Waals surface area contributed by atoms with Gasteiger partial charge < -0.3 is 25.8 Å². The molecule has 1 aromatic carbocycles. The Morgan fingerprint density at radius 3 is 1.62 bits per heavy atom. The molecule has 6 nitrogen and oxygen atoms in total. The van der Waals surface area contributed by atoms with E-state index in [1.165, 1.54) is 37.1 Å². The summed E-state index contributed by atoms with van der Waals surface area (Å²) in [7, 11) is 0. The van der Waals surface area contributed by atoms with Crippen LogP contribution in [-0.2, 0) is 4.79 Å². The van der Waals surface area contributed by atoms with Crippen LogP contribution in [0.3, 0.4) is 0 Å². The summed E-state index contributed by atoms with van der Waals surface area (Å²) < 4.78 is 0. The molecule has 3 N–H and O–H groups in total. The van der Waals surface area contributed by atoms with Gasteiger partial charge in [-0.2, -0.15) is 0 Å². The molecule has 0 unspecified atom stereocenters. The normalized spacial score (nSPS) is 7.88. The van der Waals surface area contributed by atoms with E-state index in [0.29, 0.717) is 0 Å². The van der Waals surface area contributed by atoms with Crippen molar-refractivity contribution in [2.45, 2.75) is 39.5 Å². The molecule has 0 atom stereocenters. The Morgan fingerprint density at radius 2 is 1.46 bits per heavy atom. The van der Waals surface area contributed by atoms with Gasteiger partial charge in [0.1, 0.15) is 0 Å². The maximum Gasteiger partial charge on any atom is 2.00 e. The van der Waals surface area contributed by atoms with Gasteiger partial charge in [-0.1, -0.05) is 83.4 Å². The first-order valence-electron chi connectivity index (χ1n) is 7.29. The van der Waals surface area contributed by atoms with E-state index in [1.54, 1.807) is 0 Å². The van der Waals surface area contributed by atoms with E-state index in [1.807, 2.05) is 0 Å². The van der Waals surface area contributed by atoms with Crippen molar-refractivity contribution in [2.24, 2.45) is 5.73 Å². The van der Waals surface area contributed by atoms with Crippen LogP contribution in [0.4, 0.5) is 0 Å². The summed E-state index contributed by atoms with van der Waals surface area (Å²) in [6, 6.07) is 5.37. The number of para-hydroxylation sites is 1. The fourth-order valence-corrected chi connectivity index (χ4v) is 0.635. The molecule has 0 spiro atoms. The zero-order valence-electron chi connectivity index (χ0n) is 14.4. The number of hydrogen-bond acceptors (Lipinski definition) is 5. The third kappa shape index (κ3) is 25.7. The molecule has 0 aliphatic carbocycles. The Labute approximate surface area is 162 Å². The molecule has 4 radical (unpaired) electrons. The number of unbranched alkanes of at least 4 members (excludes halogenated alkanes) is 2. The van der Waals surface area contributed by atoms with Crippen LogP contribution in [0.25, 0.3) is 0 Å². The molecule has 0 amide bonds. The predicted molar refractivity (Wildman–Crippen MR) is 93.2 cm³/mol. The van der Waals surface area contributed by atoms with Crippen LogP contribution >= 0.6 is 0 Å². The average Bonchev–Trinajstić information content (AvgIpc) is 2.56. The number of carboxylic acid groups (broad SMARTS) is 2. The van der Waals surface area contributed by atoms with E-state index in [0.717, 1.165) is 12.8 Å². The molecule has 7 heteroatoms. The maximum absolute atomic E-state index is 10.6. The second kappa shape index (κ2) is 24.0. The van der Waals surface area contributed by atoms with Crippen LogP contribution in [0, 0.1) is 13.8 Å². The number of benzene rings is 1. The summed E-state index contributed by atoms with van der Waals surface area (Å²) in [5.74, 6) is -2.90. The molecule has 0 bridgehead atoms. The monoisotopic (exact) mass is 445 g/mol. The SMILES string of the molecule is NCC(=O)O.O=C([O-])c1ccccc1[O-].[CH2]CCC.[CH2]CCC.[Sn+2]. The van der Waals surface area contributed by atoms with Crippen molar-refractivity contribution < 1.29 is 24.9 Å². The number of hydrogen-bond donors (Lipinski definition) is 2. The Kier molecular flexibility index (Phi) is 30.6. The quantitative estimate of drug-likeness (QED) is 0.668. The van der Waals surface area contributed by atoms with Gasteiger partial charge >= 0.3 is 29.9 Å². The van der Waals surface area contributed by atoms with Crippen LogP contribution in [0.2, 0.25) is 0 Å². The largest absolute Gasteiger partial charge is 2.00 e. The Hall–Kier alpha value is -1.28. The zero-order valence-corrected chi connectivity index (χ0v) is 17.3. The number of aromatic carboxylic acids is 1. The number of carbonyl (C=O) groups excluding carboxylic acids is 1. The predicted octanol–water partition coefficient (Wildman–Crippen LogP) is 1.01. The van der Waals surface area contributed by atoms with Gasteiger partial charge in [-0.25, -0.2) is 0 Å². The number of nitrogens with two attached hydrogens (primary N) is 1. The molecule has 24 heavy (non-hydrogen) atoms. The first-order valence-corrected chi connectivity index (χ1v) is 7.29. The summed E-state index contributed by atoms with van der Waals surface area (Å²) in [4.78, 5) is 19.4. The van der Waals surface area contributed by atoms with Gasteiger partial charge in [-0.05, 0) is 5.56 Å². The Bertz CT molecular complexity index is 406. The fourth-order valence-electron chi connectivity index (χ4n) is 0.635. The zero-order chi connectivity index (χ0) is 18.7. The second-order valence-corrected chi connectivity index (χ2v) is 4.09. The minimum absolute atomic E-state index is 0. The third-order valence-electron chi connectivity index (χ3n) is 1.99. The molecule has 0 saturated heterocycles. The number of aliphatic carboxylic acids is 1. The molecule has 0 saturated carbocycles. The summed E-state index contributed by atoms with van der Waals surface area (Å²) in [5.41, 5.74) is 4.28. The van der Waals surface area contributed by atoms with Crippen molar-refractivity contribution in [3.05, 3.63) is 43.7 Å². The van der Waals surface area contributed by atoms with Crippen LogP contribution in [0.15, 0.2) is 24.3 Å². The molecule has 0 aliphatic heterocycles. The van der Waals surface area contributed by atoms with Gasteiger partial charge in [-0.3, -0.25) is 4.79 Å². The molecule has 0 aliphatic rings. The van der Waals surface area contributed by atoms with E-state index in [4.69, 9.17) is 5.11 Å². The summed E-state index contributed by atoms with van der Waals surface area (Å²) >= 11 is 0. The minimum Gasteiger partial charge on any atom is -0.872 e. The van der Waals surface area contributed by atoms with Crippen molar-refractivity contribution in [1.29, 1.82) is 0 Å². The van der Waals surface area contributed by atoms with Crippen LogP contribution in [0.1, 0.15) is 49.9 Å². The van der Waals surface area contributed by atoms with Crippen molar-refractivity contribution in [3.63, 3.8) is 0 Å². The summed E-state index contributed by atoms with van der Waals surface area (Å²) in [5, 5.41) is 28.3. The van der Waals surface area contributed by atoms with Gasteiger partial charge in [0, 0.05) is 0 Å². The summed E-state index contributed by atoms with van der Waals surface area (Å²) in [6.45, 7) is 11.2. The van der Waals surface area contributed by atoms with E-state index < -0.39 is 17.7 Å². The Morgan fingerprint density at radius 1 is 1.12 bits per heavy atom. The van der Waals surface area contributed by atoms with Crippen LogP contribution in [-0.4, -0.2) is 47.5 Å². The van der Waals surface area contributed by atoms with Crippen molar-refractivity contribution in [2.75, 3.05) is 6.54 Å². The topological polar surface area (TPSA) is 127 Å².